The van der Waals surface area contributed by atoms with Crippen LogP contribution in [0.5, 0.6) is 0 Å². The molecule has 21 heavy (non-hydrogen) atoms. The number of fused-ring (bicyclic) bond motifs is 2. The average Bonchev–Trinajstić information content (AvgIpc) is 3.03. The molecule has 1 aromatic heterocycles. The van der Waals surface area contributed by atoms with E-state index in [1.807, 2.05) is 18.2 Å². The maximum atomic E-state index is 12.9. The van der Waals surface area contributed by atoms with Gasteiger partial charge in [-0.1, -0.05) is 37.3 Å². The van der Waals surface area contributed by atoms with Crippen molar-refractivity contribution < 1.29 is 4.79 Å². The Morgan fingerprint density at radius 2 is 2.19 bits per heavy atom. The molecule has 0 saturated heterocycles. The van der Waals surface area contributed by atoms with Gasteiger partial charge in [0.25, 0.3) is 0 Å². The number of hydrogen-bond donors (Lipinski definition) is 1. The predicted molar refractivity (Wildman–Crippen MR) is 84.2 cm³/mol. The predicted octanol–water partition coefficient (Wildman–Crippen LogP) is 4.06. The fraction of sp³-hybridized carbons (Fsp3) is 0.529. The maximum absolute atomic E-state index is 12.9. The summed E-state index contributed by atoms with van der Waals surface area (Å²) in [5, 5.41) is 3.87. The van der Waals surface area contributed by atoms with Crippen molar-refractivity contribution in [2.75, 3.05) is 5.32 Å². The van der Waals surface area contributed by atoms with Crippen LogP contribution < -0.4 is 5.32 Å². The smallest absolute Gasteiger partial charge is 0.233 e. The number of carbonyl (C=O) groups is 1. The molecule has 5 saturated carbocycles. The lowest BCUT2D eigenvalue weighted by molar-refractivity contribution is -0.326. The summed E-state index contributed by atoms with van der Waals surface area (Å²) in [6.45, 7) is 4.69. The molecule has 7 rings (SSSR count). The van der Waals surface area contributed by atoms with Crippen LogP contribution >= 0.6 is 11.3 Å². The molecule has 5 aliphatic rings. The van der Waals surface area contributed by atoms with Crippen LogP contribution in [0.1, 0.15) is 33.1 Å². The molecule has 5 aliphatic carbocycles. The van der Waals surface area contributed by atoms with Gasteiger partial charge < -0.3 is 5.32 Å². The molecule has 2 aromatic rings. The Labute approximate surface area is 127 Å². The molecular weight excluding hydrogens is 280 g/mol. The minimum atomic E-state index is -0.0976. The topological polar surface area (TPSA) is 42.0 Å². The number of anilines is 1. The van der Waals surface area contributed by atoms with Crippen LogP contribution in [0.4, 0.5) is 5.13 Å². The number of nitrogens with zero attached hydrogens (tertiary/aromatic N) is 1. The molecule has 0 unspecified atom stereocenters. The summed E-state index contributed by atoms with van der Waals surface area (Å²) >= 11 is 1.57. The molecule has 1 amide bonds. The van der Waals surface area contributed by atoms with Gasteiger partial charge in [-0.25, -0.2) is 4.98 Å². The molecule has 1 N–H and O–H groups in total. The first-order valence-corrected chi connectivity index (χ1v) is 8.50. The number of hydrogen-bond acceptors (Lipinski definition) is 3. The zero-order chi connectivity index (χ0) is 14.5. The Bertz CT molecular complexity index is 766. The van der Waals surface area contributed by atoms with E-state index in [9.17, 15) is 4.79 Å². The molecule has 0 aliphatic heterocycles. The molecular formula is C17H18N2OS. The van der Waals surface area contributed by atoms with Crippen LogP contribution in [0.2, 0.25) is 0 Å². The van der Waals surface area contributed by atoms with Crippen LogP contribution in [0.15, 0.2) is 24.3 Å². The average molecular weight is 298 g/mol. The van der Waals surface area contributed by atoms with E-state index in [0.717, 1.165) is 21.8 Å². The highest BCUT2D eigenvalue weighted by atomic mass is 32.1. The lowest BCUT2D eigenvalue weighted by atomic mass is 9.21. The first-order chi connectivity index (χ1) is 10.0. The summed E-state index contributed by atoms with van der Waals surface area (Å²) in [7, 11) is 0. The van der Waals surface area contributed by atoms with Crippen LogP contribution in [0.25, 0.3) is 10.2 Å². The van der Waals surface area contributed by atoms with Crippen LogP contribution in [0.3, 0.4) is 0 Å². The third-order valence-electron chi connectivity index (χ3n) is 7.11. The molecule has 0 spiro atoms. The fourth-order valence-electron chi connectivity index (χ4n) is 5.85. The number of para-hydroxylation sites is 1. The SMILES string of the molecule is C[C@]12CC[C@@H]3[C@@]1(C)C[C@@]32C(=O)Nc1nc2ccccc2s1. The molecule has 5 fully saturated rings. The van der Waals surface area contributed by atoms with Crippen LogP contribution in [0, 0.1) is 22.2 Å². The summed E-state index contributed by atoms with van der Waals surface area (Å²) in [6, 6.07) is 8.04. The molecule has 4 bridgehead atoms. The van der Waals surface area contributed by atoms with Gasteiger partial charge in [0.2, 0.25) is 5.91 Å². The molecule has 108 valence electrons. The summed E-state index contributed by atoms with van der Waals surface area (Å²) < 4.78 is 1.13. The number of aromatic nitrogens is 1. The summed E-state index contributed by atoms with van der Waals surface area (Å²) in [5.74, 6) is 0.819. The number of amides is 1. The van der Waals surface area contributed by atoms with E-state index >= 15 is 0 Å². The van der Waals surface area contributed by atoms with E-state index < -0.39 is 0 Å². The summed E-state index contributed by atoms with van der Waals surface area (Å²) in [5.41, 5.74) is 1.53. The Morgan fingerprint density at radius 1 is 1.38 bits per heavy atom. The fourth-order valence-corrected chi connectivity index (χ4v) is 6.71. The van der Waals surface area contributed by atoms with E-state index in [2.05, 4.69) is 30.2 Å². The first kappa shape index (κ1) is 12.2. The van der Waals surface area contributed by atoms with E-state index in [1.54, 1.807) is 11.3 Å². The minimum absolute atomic E-state index is 0.0976. The van der Waals surface area contributed by atoms with Crippen molar-refractivity contribution in [3.05, 3.63) is 24.3 Å². The zero-order valence-electron chi connectivity index (χ0n) is 12.3. The third-order valence-corrected chi connectivity index (χ3v) is 8.06. The Hall–Kier alpha value is -1.42. The Morgan fingerprint density at radius 3 is 2.86 bits per heavy atom. The lowest BCUT2D eigenvalue weighted by Crippen LogP contribution is -2.81. The number of nitrogens with one attached hydrogen (secondary N) is 1. The molecule has 4 atom stereocenters. The normalized spacial score (nSPS) is 42.5. The lowest BCUT2D eigenvalue weighted by Gasteiger charge is -2.81. The number of carbonyl (C=O) groups excluding carboxylic acids is 1. The van der Waals surface area contributed by atoms with Crippen molar-refractivity contribution in [3.63, 3.8) is 0 Å². The maximum Gasteiger partial charge on any atom is 0.233 e. The van der Waals surface area contributed by atoms with E-state index in [0.29, 0.717) is 11.3 Å². The van der Waals surface area contributed by atoms with Crippen molar-refractivity contribution in [1.29, 1.82) is 0 Å². The van der Waals surface area contributed by atoms with Crippen molar-refractivity contribution in [2.45, 2.75) is 33.1 Å². The Kier molecular flexibility index (Phi) is 1.92. The van der Waals surface area contributed by atoms with E-state index in [4.69, 9.17) is 0 Å². The van der Waals surface area contributed by atoms with Gasteiger partial charge in [0.1, 0.15) is 0 Å². The minimum Gasteiger partial charge on any atom is -0.301 e. The monoisotopic (exact) mass is 298 g/mol. The second-order valence-corrected chi connectivity index (χ2v) is 8.46. The second-order valence-electron chi connectivity index (χ2n) is 7.43. The van der Waals surface area contributed by atoms with Gasteiger partial charge in [-0.15, -0.1) is 0 Å². The molecule has 1 aromatic carbocycles. The highest BCUT2D eigenvalue weighted by Crippen LogP contribution is 2.93. The summed E-state index contributed by atoms with van der Waals surface area (Å²) in [6.07, 6.45) is 3.50. The van der Waals surface area contributed by atoms with Gasteiger partial charge in [0.05, 0.1) is 15.6 Å². The van der Waals surface area contributed by atoms with Gasteiger partial charge in [0.15, 0.2) is 5.13 Å². The number of rotatable bonds is 2. The van der Waals surface area contributed by atoms with Crippen molar-refractivity contribution in [1.82, 2.24) is 4.98 Å². The van der Waals surface area contributed by atoms with Crippen molar-refractivity contribution in [2.24, 2.45) is 22.2 Å². The molecule has 1 heterocycles. The molecule has 3 nitrogen and oxygen atoms in total. The van der Waals surface area contributed by atoms with E-state index in [1.165, 1.54) is 12.8 Å². The van der Waals surface area contributed by atoms with Crippen LogP contribution in [-0.2, 0) is 4.79 Å². The summed E-state index contributed by atoms with van der Waals surface area (Å²) in [4.78, 5) is 17.4. The zero-order valence-corrected chi connectivity index (χ0v) is 13.1. The largest absolute Gasteiger partial charge is 0.301 e. The van der Waals surface area contributed by atoms with E-state index in [-0.39, 0.29) is 16.7 Å². The van der Waals surface area contributed by atoms with Gasteiger partial charge in [-0.2, -0.15) is 0 Å². The van der Waals surface area contributed by atoms with Crippen molar-refractivity contribution in [3.8, 4) is 0 Å². The van der Waals surface area contributed by atoms with Crippen LogP contribution in [-0.4, -0.2) is 10.9 Å². The Balaban J connectivity index is 1.46. The van der Waals surface area contributed by atoms with Gasteiger partial charge in [0, 0.05) is 0 Å². The standard InChI is InChI=1S/C17H18N2OS/c1-15-9-17(12(15)7-8-16(15,17)2)13(20)19-14-18-10-5-3-4-6-11(10)21-14/h3-6,12H,7-9H2,1-2H3,(H,18,19,20)/t12-,15-,16+,17+/m1/s1. The van der Waals surface area contributed by atoms with Gasteiger partial charge in [-0.05, 0) is 48.1 Å². The van der Waals surface area contributed by atoms with Gasteiger partial charge >= 0.3 is 0 Å². The third kappa shape index (κ3) is 1.05. The molecule has 0 radical (unpaired) electrons. The number of benzene rings is 1. The van der Waals surface area contributed by atoms with Crippen molar-refractivity contribution >= 4 is 32.6 Å². The van der Waals surface area contributed by atoms with Gasteiger partial charge in [-0.3, -0.25) is 4.79 Å². The highest BCUT2D eigenvalue weighted by molar-refractivity contribution is 7.22. The number of thiazole rings is 1. The second kappa shape index (κ2) is 3.32. The quantitative estimate of drug-likeness (QED) is 0.908. The first-order valence-electron chi connectivity index (χ1n) is 7.68. The molecule has 4 heteroatoms. The highest BCUT2D eigenvalue weighted by Gasteiger charge is 2.91.